The molecule has 0 spiro atoms. The molecule has 0 radical (unpaired) electrons. The van der Waals surface area contributed by atoms with Crippen LogP contribution in [0.3, 0.4) is 0 Å². The number of benzene rings is 1. The van der Waals surface area contributed by atoms with Gasteiger partial charge in [0.25, 0.3) is 0 Å². The predicted molar refractivity (Wildman–Crippen MR) is 120 cm³/mol. The number of aromatic nitrogens is 2. The van der Waals surface area contributed by atoms with E-state index in [-0.39, 0.29) is 11.9 Å². The summed E-state index contributed by atoms with van der Waals surface area (Å²) < 4.78 is 2.15. The SMILES string of the molecule is CC1(CN2CCC(n3ncc4c(N5CCC(=O)NC5=O)cccc43)CC2)CCNCC1. The van der Waals surface area contributed by atoms with Gasteiger partial charge in [-0.25, -0.2) is 4.79 Å². The molecule has 3 fully saturated rings. The van der Waals surface area contributed by atoms with Crippen LogP contribution >= 0.6 is 0 Å². The number of imide groups is 1. The highest BCUT2D eigenvalue weighted by Crippen LogP contribution is 2.34. The molecule has 0 atom stereocenters. The molecule has 0 saturated carbocycles. The Morgan fingerprint density at radius 2 is 1.90 bits per heavy atom. The van der Waals surface area contributed by atoms with E-state index in [9.17, 15) is 9.59 Å². The van der Waals surface area contributed by atoms with Crippen molar-refractivity contribution >= 4 is 28.5 Å². The van der Waals surface area contributed by atoms with Crippen molar-refractivity contribution in [2.45, 2.75) is 45.1 Å². The van der Waals surface area contributed by atoms with E-state index in [0.717, 1.165) is 55.6 Å². The van der Waals surface area contributed by atoms with Gasteiger partial charge in [-0.2, -0.15) is 5.10 Å². The van der Waals surface area contributed by atoms with Gasteiger partial charge >= 0.3 is 6.03 Å². The number of fused-ring (bicyclic) bond motifs is 1. The van der Waals surface area contributed by atoms with Gasteiger partial charge in [0.15, 0.2) is 0 Å². The van der Waals surface area contributed by atoms with E-state index in [1.807, 2.05) is 18.3 Å². The zero-order valence-electron chi connectivity index (χ0n) is 18.3. The maximum atomic E-state index is 12.3. The Morgan fingerprint density at radius 1 is 1.13 bits per heavy atom. The lowest BCUT2D eigenvalue weighted by molar-refractivity contribution is -0.120. The van der Waals surface area contributed by atoms with E-state index in [2.05, 4.69) is 33.2 Å². The number of nitrogens with one attached hydrogen (secondary N) is 2. The number of piperidine rings is 2. The molecule has 4 heterocycles. The molecule has 1 aromatic heterocycles. The maximum absolute atomic E-state index is 12.3. The van der Waals surface area contributed by atoms with E-state index in [1.54, 1.807) is 4.90 Å². The van der Waals surface area contributed by atoms with E-state index < -0.39 is 0 Å². The van der Waals surface area contributed by atoms with E-state index >= 15 is 0 Å². The summed E-state index contributed by atoms with van der Waals surface area (Å²) in [6.07, 6.45) is 6.90. The number of anilines is 1. The van der Waals surface area contributed by atoms with Crippen LogP contribution in [-0.2, 0) is 4.79 Å². The van der Waals surface area contributed by atoms with Gasteiger partial charge in [-0.3, -0.25) is 19.7 Å². The van der Waals surface area contributed by atoms with Crippen LogP contribution in [0.1, 0.15) is 45.1 Å². The number of urea groups is 1. The number of carbonyl (C=O) groups is 2. The quantitative estimate of drug-likeness (QED) is 0.788. The zero-order chi connectivity index (χ0) is 21.4. The first-order valence-corrected chi connectivity index (χ1v) is 11.5. The maximum Gasteiger partial charge on any atom is 0.328 e. The topological polar surface area (TPSA) is 82.5 Å². The van der Waals surface area contributed by atoms with Crippen LogP contribution in [0.4, 0.5) is 10.5 Å². The van der Waals surface area contributed by atoms with Crippen molar-refractivity contribution < 1.29 is 9.59 Å². The van der Waals surface area contributed by atoms with Crippen molar-refractivity contribution in [2.75, 3.05) is 44.2 Å². The van der Waals surface area contributed by atoms with E-state index in [1.165, 1.54) is 19.4 Å². The highest BCUT2D eigenvalue weighted by Gasteiger charge is 2.32. The lowest BCUT2D eigenvalue weighted by atomic mass is 9.80. The molecular formula is C23H32N6O2. The number of rotatable bonds is 4. The second kappa shape index (κ2) is 8.24. The third-order valence-electron chi connectivity index (χ3n) is 7.28. The summed E-state index contributed by atoms with van der Waals surface area (Å²) in [5.74, 6) is -0.214. The van der Waals surface area contributed by atoms with Crippen molar-refractivity contribution in [1.29, 1.82) is 0 Å². The number of likely N-dealkylation sites (tertiary alicyclic amines) is 1. The predicted octanol–water partition coefficient (Wildman–Crippen LogP) is 2.51. The largest absolute Gasteiger partial charge is 0.328 e. The smallest absolute Gasteiger partial charge is 0.317 e. The van der Waals surface area contributed by atoms with Crippen molar-refractivity contribution in [3.63, 3.8) is 0 Å². The van der Waals surface area contributed by atoms with Crippen LogP contribution in [0.2, 0.25) is 0 Å². The molecule has 0 unspecified atom stereocenters. The Balaban J connectivity index is 1.29. The van der Waals surface area contributed by atoms with Crippen LogP contribution in [-0.4, -0.2) is 65.9 Å². The van der Waals surface area contributed by atoms with Gasteiger partial charge < -0.3 is 10.2 Å². The lowest BCUT2D eigenvalue weighted by Gasteiger charge is -2.41. The first-order valence-electron chi connectivity index (χ1n) is 11.5. The minimum absolute atomic E-state index is 0.214. The standard InChI is InChI=1S/C23H32N6O2/c1-23(8-10-24-11-9-23)16-27-12-5-17(6-13-27)29-20-4-2-3-19(18(20)15-25-29)28-14-7-21(30)26-22(28)31/h2-4,15,17,24H,5-14,16H2,1H3,(H,26,30,31). The number of hydrogen-bond acceptors (Lipinski definition) is 5. The third-order valence-corrected chi connectivity index (χ3v) is 7.28. The molecule has 0 bridgehead atoms. The minimum atomic E-state index is -0.351. The molecular weight excluding hydrogens is 392 g/mol. The lowest BCUT2D eigenvalue weighted by Crippen LogP contribution is -2.49. The van der Waals surface area contributed by atoms with Crippen molar-refractivity contribution in [1.82, 2.24) is 25.3 Å². The summed E-state index contributed by atoms with van der Waals surface area (Å²) in [6.45, 7) is 8.51. The summed E-state index contributed by atoms with van der Waals surface area (Å²) in [4.78, 5) is 28.1. The number of carbonyl (C=O) groups excluding carboxylic acids is 2. The summed E-state index contributed by atoms with van der Waals surface area (Å²) in [5.41, 5.74) is 2.32. The molecule has 31 heavy (non-hydrogen) atoms. The van der Waals surface area contributed by atoms with Crippen molar-refractivity contribution in [2.24, 2.45) is 5.41 Å². The average molecular weight is 425 g/mol. The highest BCUT2D eigenvalue weighted by molar-refractivity contribution is 6.09. The normalized spacial score (nSPS) is 23.3. The Labute approximate surface area is 182 Å². The monoisotopic (exact) mass is 424 g/mol. The molecule has 3 saturated heterocycles. The van der Waals surface area contributed by atoms with Gasteiger partial charge in [0.1, 0.15) is 0 Å². The summed E-state index contributed by atoms with van der Waals surface area (Å²) in [5, 5.41) is 11.6. The van der Waals surface area contributed by atoms with Gasteiger partial charge in [-0.1, -0.05) is 13.0 Å². The average Bonchev–Trinajstić information content (AvgIpc) is 3.19. The third kappa shape index (κ3) is 4.06. The van der Waals surface area contributed by atoms with E-state index in [4.69, 9.17) is 5.10 Å². The number of amides is 3. The molecule has 3 amide bonds. The molecule has 2 aromatic rings. The van der Waals surface area contributed by atoms with Crippen LogP contribution < -0.4 is 15.5 Å². The molecule has 3 aliphatic rings. The fourth-order valence-electron chi connectivity index (χ4n) is 5.43. The van der Waals surface area contributed by atoms with Gasteiger partial charge in [0.05, 0.1) is 23.4 Å². The molecule has 0 aliphatic carbocycles. The minimum Gasteiger partial charge on any atom is -0.317 e. The molecule has 5 rings (SSSR count). The first kappa shape index (κ1) is 20.5. The first-order chi connectivity index (χ1) is 15.0. The Morgan fingerprint density at radius 3 is 2.65 bits per heavy atom. The van der Waals surface area contributed by atoms with Crippen molar-refractivity contribution in [3.05, 3.63) is 24.4 Å². The van der Waals surface area contributed by atoms with Crippen LogP contribution in [0.15, 0.2) is 24.4 Å². The molecule has 166 valence electrons. The second-order valence-corrected chi connectivity index (χ2v) is 9.62. The van der Waals surface area contributed by atoms with Crippen LogP contribution in [0.25, 0.3) is 10.9 Å². The highest BCUT2D eigenvalue weighted by atomic mass is 16.2. The van der Waals surface area contributed by atoms with Crippen LogP contribution in [0, 0.1) is 5.41 Å². The molecule has 2 N–H and O–H groups in total. The van der Waals surface area contributed by atoms with Gasteiger partial charge in [-0.05, 0) is 56.3 Å². The Hall–Kier alpha value is -2.45. The van der Waals surface area contributed by atoms with E-state index in [0.29, 0.717) is 24.4 Å². The summed E-state index contributed by atoms with van der Waals surface area (Å²) in [6, 6.07) is 6.03. The van der Waals surface area contributed by atoms with Crippen molar-refractivity contribution in [3.8, 4) is 0 Å². The number of nitrogens with zero attached hydrogens (tertiary/aromatic N) is 4. The molecule has 8 nitrogen and oxygen atoms in total. The van der Waals surface area contributed by atoms with Gasteiger partial charge in [0, 0.05) is 38.0 Å². The Kier molecular flexibility index (Phi) is 5.44. The van der Waals surface area contributed by atoms with Gasteiger partial charge in [0.2, 0.25) is 5.91 Å². The zero-order valence-corrected chi connectivity index (χ0v) is 18.3. The van der Waals surface area contributed by atoms with Gasteiger partial charge in [-0.15, -0.1) is 0 Å². The second-order valence-electron chi connectivity index (χ2n) is 9.62. The van der Waals surface area contributed by atoms with Crippen LogP contribution in [0.5, 0.6) is 0 Å². The number of hydrogen-bond donors (Lipinski definition) is 2. The summed E-state index contributed by atoms with van der Waals surface area (Å²) in [7, 11) is 0. The Bertz CT molecular complexity index is 972. The molecule has 1 aromatic carbocycles. The molecule has 3 aliphatic heterocycles. The molecule has 8 heteroatoms. The fraction of sp³-hybridized carbons (Fsp3) is 0.609. The fourth-order valence-corrected chi connectivity index (χ4v) is 5.43. The summed E-state index contributed by atoms with van der Waals surface area (Å²) >= 11 is 0.